The summed E-state index contributed by atoms with van der Waals surface area (Å²) in [5.41, 5.74) is 3.69. The third kappa shape index (κ3) is 9.93. The summed E-state index contributed by atoms with van der Waals surface area (Å²) in [6.45, 7) is 2.61. The highest BCUT2D eigenvalue weighted by molar-refractivity contribution is 5.74. The predicted octanol–water partition coefficient (Wildman–Crippen LogP) is 2.13. The number of aromatic nitrogens is 1. The first-order valence-electron chi connectivity index (χ1n) is 8.49. The second-order valence-electron chi connectivity index (χ2n) is 5.59. The van der Waals surface area contributed by atoms with Crippen LogP contribution in [0, 0.1) is 6.92 Å². The Morgan fingerprint density at radius 3 is 2.63 bits per heavy atom. The molecule has 0 radical (unpaired) electrons. The van der Waals surface area contributed by atoms with Gasteiger partial charge in [-0.1, -0.05) is 24.3 Å². The molecular formula is C19H25N3O5. The van der Waals surface area contributed by atoms with Crippen molar-refractivity contribution in [2.75, 3.05) is 13.2 Å². The Morgan fingerprint density at radius 1 is 1.26 bits per heavy atom. The van der Waals surface area contributed by atoms with Crippen molar-refractivity contribution in [1.82, 2.24) is 15.5 Å². The van der Waals surface area contributed by atoms with Crippen LogP contribution >= 0.6 is 0 Å². The number of rotatable bonds is 9. The van der Waals surface area contributed by atoms with E-state index in [-0.39, 0.29) is 13.0 Å². The number of nitrogens with zero attached hydrogens (tertiary/aromatic N) is 2. The van der Waals surface area contributed by atoms with Crippen LogP contribution in [0.4, 0.5) is 0 Å². The fraction of sp³-hybridized carbons (Fsp3) is 0.316. The first-order valence-corrected chi connectivity index (χ1v) is 8.49. The number of hydrogen-bond acceptors (Lipinski definition) is 6. The lowest BCUT2D eigenvalue weighted by Gasteiger charge is -2.08. The fourth-order valence-electron chi connectivity index (χ4n) is 2.08. The van der Waals surface area contributed by atoms with Gasteiger partial charge in [0.05, 0.1) is 13.0 Å². The minimum atomic E-state index is -0.448. The number of pyridine rings is 1. The van der Waals surface area contributed by atoms with E-state index >= 15 is 0 Å². The molecule has 2 amide bonds. The maximum Gasteiger partial charge on any atom is 0.246 e. The summed E-state index contributed by atoms with van der Waals surface area (Å²) in [6, 6.07) is 13.1. The monoisotopic (exact) mass is 375 g/mol. The van der Waals surface area contributed by atoms with Crippen LogP contribution in [-0.4, -0.2) is 45.9 Å². The van der Waals surface area contributed by atoms with E-state index in [0.717, 1.165) is 17.7 Å². The predicted molar refractivity (Wildman–Crippen MR) is 98.3 cm³/mol. The molecule has 1 heterocycles. The number of carbonyl (C=O) groups is 2. The van der Waals surface area contributed by atoms with Crippen LogP contribution in [-0.2, 0) is 16.0 Å². The van der Waals surface area contributed by atoms with Crippen molar-refractivity contribution in [3.05, 3.63) is 59.9 Å². The van der Waals surface area contributed by atoms with Crippen molar-refractivity contribution >= 4 is 12.3 Å². The second kappa shape index (κ2) is 13.3. The standard InChI is InChI=1S/C10H14N2O2.C9H11NO3/c1-9-4-2-6-11-10(9)5-3-7-12(14)8-13;11-9(10-12)6-7-13-8-4-2-1-3-5-8/h2,4,6,8,14H,3,5,7H2,1H3;1-5,12H,6-7H2,(H,10,11). The van der Waals surface area contributed by atoms with Crippen LogP contribution in [0.5, 0.6) is 5.75 Å². The Morgan fingerprint density at radius 2 is 2.00 bits per heavy atom. The lowest BCUT2D eigenvalue weighted by molar-refractivity contribution is -0.149. The van der Waals surface area contributed by atoms with Gasteiger partial charge in [0.1, 0.15) is 5.75 Å². The maximum absolute atomic E-state index is 10.6. The summed E-state index contributed by atoms with van der Waals surface area (Å²) in [7, 11) is 0. The summed E-state index contributed by atoms with van der Waals surface area (Å²) >= 11 is 0. The highest BCUT2D eigenvalue weighted by Gasteiger charge is 2.00. The van der Waals surface area contributed by atoms with Gasteiger partial charge in [0, 0.05) is 18.4 Å². The summed E-state index contributed by atoms with van der Waals surface area (Å²) < 4.78 is 5.21. The quantitative estimate of drug-likeness (QED) is 0.352. The molecule has 0 unspecified atom stereocenters. The lowest BCUT2D eigenvalue weighted by atomic mass is 10.1. The molecule has 146 valence electrons. The van der Waals surface area contributed by atoms with Crippen LogP contribution in [0.3, 0.4) is 0 Å². The summed E-state index contributed by atoms with van der Waals surface area (Å²) in [6.07, 6.45) is 3.79. The van der Waals surface area contributed by atoms with Crippen molar-refractivity contribution in [3.63, 3.8) is 0 Å². The second-order valence-corrected chi connectivity index (χ2v) is 5.59. The van der Waals surface area contributed by atoms with E-state index in [4.69, 9.17) is 15.2 Å². The van der Waals surface area contributed by atoms with E-state index in [1.807, 2.05) is 37.3 Å². The Kier molecular flexibility index (Phi) is 10.8. The zero-order valence-electron chi connectivity index (χ0n) is 15.2. The lowest BCUT2D eigenvalue weighted by Crippen LogP contribution is -2.20. The van der Waals surface area contributed by atoms with Gasteiger partial charge in [-0.05, 0) is 43.5 Å². The van der Waals surface area contributed by atoms with Crippen molar-refractivity contribution < 1.29 is 24.7 Å². The van der Waals surface area contributed by atoms with Gasteiger partial charge in [0.2, 0.25) is 12.3 Å². The molecule has 0 aliphatic heterocycles. The molecule has 0 bridgehead atoms. The molecule has 0 atom stereocenters. The van der Waals surface area contributed by atoms with Crippen molar-refractivity contribution in [1.29, 1.82) is 0 Å². The molecule has 0 aliphatic rings. The van der Waals surface area contributed by atoms with Gasteiger partial charge in [0.15, 0.2) is 0 Å². The first-order chi connectivity index (χ1) is 13.1. The molecule has 8 heteroatoms. The molecule has 0 aliphatic carbocycles. The molecule has 1 aromatic heterocycles. The van der Waals surface area contributed by atoms with E-state index in [1.165, 1.54) is 5.48 Å². The van der Waals surface area contributed by atoms with Crippen LogP contribution < -0.4 is 10.2 Å². The highest BCUT2D eigenvalue weighted by atomic mass is 16.5. The zero-order chi connectivity index (χ0) is 19.9. The van der Waals surface area contributed by atoms with E-state index in [9.17, 15) is 9.59 Å². The minimum absolute atomic E-state index is 0.144. The molecule has 2 aromatic rings. The van der Waals surface area contributed by atoms with Crippen LogP contribution in [0.1, 0.15) is 24.1 Å². The summed E-state index contributed by atoms with van der Waals surface area (Å²) in [5, 5.41) is 17.7. The third-order valence-electron chi connectivity index (χ3n) is 3.51. The largest absolute Gasteiger partial charge is 0.493 e. The molecule has 27 heavy (non-hydrogen) atoms. The third-order valence-corrected chi connectivity index (χ3v) is 3.51. The van der Waals surface area contributed by atoms with Crippen molar-refractivity contribution in [3.8, 4) is 5.75 Å². The van der Waals surface area contributed by atoms with Gasteiger partial charge < -0.3 is 4.74 Å². The van der Waals surface area contributed by atoms with Crippen molar-refractivity contribution in [2.45, 2.75) is 26.2 Å². The average molecular weight is 375 g/mol. The van der Waals surface area contributed by atoms with E-state index in [1.54, 1.807) is 18.3 Å². The molecule has 1 aromatic carbocycles. The highest BCUT2D eigenvalue weighted by Crippen LogP contribution is 2.08. The Hall–Kier alpha value is -2.97. The number of aryl methyl sites for hydroxylation is 2. The molecule has 0 fully saturated rings. The number of amides is 2. The topological polar surface area (TPSA) is 112 Å². The number of carbonyl (C=O) groups excluding carboxylic acids is 2. The number of nitrogens with one attached hydrogen (secondary N) is 1. The van der Waals surface area contributed by atoms with E-state index < -0.39 is 5.91 Å². The maximum atomic E-state index is 10.6. The van der Waals surface area contributed by atoms with Gasteiger partial charge in [-0.3, -0.25) is 25.0 Å². The van der Waals surface area contributed by atoms with Crippen LogP contribution in [0.2, 0.25) is 0 Å². The molecule has 0 spiro atoms. The number of para-hydroxylation sites is 1. The first kappa shape index (κ1) is 22.1. The molecular weight excluding hydrogens is 350 g/mol. The Balaban J connectivity index is 0.000000271. The van der Waals surface area contributed by atoms with Crippen LogP contribution in [0.25, 0.3) is 0 Å². The number of hydrogen-bond donors (Lipinski definition) is 3. The molecule has 2 rings (SSSR count). The number of ether oxygens (including phenoxy) is 1. The Bertz CT molecular complexity index is 682. The molecule has 0 saturated heterocycles. The van der Waals surface area contributed by atoms with Gasteiger partial charge in [0.25, 0.3) is 0 Å². The number of hydroxylamine groups is 3. The number of benzene rings is 1. The Labute approximate surface area is 158 Å². The SMILES string of the molecule is Cc1cccnc1CCCN(O)C=O.O=C(CCOc1ccccc1)NO. The van der Waals surface area contributed by atoms with Gasteiger partial charge in [-0.25, -0.2) is 10.5 Å². The molecule has 3 N–H and O–H groups in total. The smallest absolute Gasteiger partial charge is 0.246 e. The fourth-order valence-corrected chi connectivity index (χ4v) is 2.08. The summed E-state index contributed by atoms with van der Waals surface area (Å²) in [4.78, 5) is 24.8. The zero-order valence-corrected chi connectivity index (χ0v) is 15.2. The van der Waals surface area contributed by atoms with E-state index in [0.29, 0.717) is 30.2 Å². The van der Waals surface area contributed by atoms with Gasteiger partial charge in [-0.2, -0.15) is 0 Å². The van der Waals surface area contributed by atoms with Crippen LogP contribution in [0.15, 0.2) is 48.7 Å². The molecule has 0 saturated carbocycles. The summed E-state index contributed by atoms with van der Waals surface area (Å²) in [5.74, 6) is 0.268. The normalized spacial score (nSPS) is 9.59. The minimum Gasteiger partial charge on any atom is -0.493 e. The average Bonchev–Trinajstić information content (AvgIpc) is 2.70. The van der Waals surface area contributed by atoms with Gasteiger partial charge in [-0.15, -0.1) is 0 Å². The van der Waals surface area contributed by atoms with Gasteiger partial charge >= 0.3 is 0 Å². The van der Waals surface area contributed by atoms with E-state index in [2.05, 4.69) is 4.98 Å². The molecule has 8 nitrogen and oxygen atoms in total. The van der Waals surface area contributed by atoms with Crippen molar-refractivity contribution in [2.24, 2.45) is 0 Å².